The van der Waals surface area contributed by atoms with E-state index in [0.29, 0.717) is 11.5 Å². The number of benzene rings is 2. The number of hydrogen-bond acceptors (Lipinski definition) is 5. The van der Waals surface area contributed by atoms with Crippen molar-refractivity contribution in [2.24, 2.45) is 0 Å². The van der Waals surface area contributed by atoms with Crippen molar-refractivity contribution in [1.29, 1.82) is 0 Å². The average Bonchev–Trinajstić information content (AvgIpc) is 2.72. The molecule has 0 radical (unpaired) electrons. The predicted octanol–water partition coefficient (Wildman–Crippen LogP) is 4.43. The van der Waals surface area contributed by atoms with Gasteiger partial charge in [0.2, 0.25) is 0 Å². The van der Waals surface area contributed by atoms with Gasteiger partial charge in [0.05, 0.1) is 4.47 Å². The fourth-order valence-corrected chi connectivity index (χ4v) is 3.75. The molecule has 0 saturated carbocycles. The lowest BCUT2D eigenvalue weighted by molar-refractivity contribution is -0.124. The predicted molar refractivity (Wildman–Crippen MR) is 135 cm³/mol. The number of hydrogen-bond donors (Lipinski definition) is 3. The van der Waals surface area contributed by atoms with Crippen LogP contribution in [0.4, 0.5) is 0 Å². The highest BCUT2D eigenvalue weighted by Gasteiger charge is 2.13. The Balaban J connectivity index is 1.77. The van der Waals surface area contributed by atoms with Gasteiger partial charge in [0, 0.05) is 4.47 Å². The molecule has 0 aromatic heterocycles. The zero-order valence-corrected chi connectivity index (χ0v) is 22.2. The summed E-state index contributed by atoms with van der Waals surface area (Å²) in [4.78, 5) is 24.1. The molecule has 32 heavy (non-hydrogen) atoms. The summed E-state index contributed by atoms with van der Waals surface area (Å²) >= 11 is 11.9. The van der Waals surface area contributed by atoms with Crippen LogP contribution in [0.3, 0.4) is 0 Å². The minimum Gasteiger partial charge on any atom is -0.483 e. The summed E-state index contributed by atoms with van der Waals surface area (Å²) < 4.78 is 12.9. The van der Waals surface area contributed by atoms with E-state index in [2.05, 4.69) is 48.0 Å². The molecule has 7 nitrogen and oxygen atoms in total. The number of aryl methyl sites for hydroxylation is 2. The van der Waals surface area contributed by atoms with Crippen molar-refractivity contribution in [1.82, 2.24) is 16.2 Å². The summed E-state index contributed by atoms with van der Waals surface area (Å²) in [5.41, 5.74) is 7.89. The van der Waals surface area contributed by atoms with Crippen LogP contribution < -0.4 is 25.6 Å². The van der Waals surface area contributed by atoms with Crippen molar-refractivity contribution < 1.29 is 19.1 Å². The molecule has 10 heteroatoms. The summed E-state index contributed by atoms with van der Waals surface area (Å²) in [6.07, 6.45) is 0. The number of thiocarbonyl (C=S) groups is 1. The molecule has 2 amide bonds. The number of hydrazine groups is 1. The van der Waals surface area contributed by atoms with Crippen molar-refractivity contribution in [2.75, 3.05) is 13.2 Å². The van der Waals surface area contributed by atoms with Gasteiger partial charge in [-0.2, -0.15) is 0 Å². The zero-order chi connectivity index (χ0) is 23.8. The van der Waals surface area contributed by atoms with Gasteiger partial charge in [0.15, 0.2) is 18.3 Å². The molecular formula is C22H25Br2N3O4S. The number of carbonyl (C=O) groups excluding carboxylic acids is 2. The van der Waals surface area contributed by atoms with Gasteiger partial charge in [-0.1, -0.05) is 35.8 Å². The minimum absolute atomic E-state index is 0.0560. The van der Waals surface area contributed by atoms with Crippen LogP contribution in [0.15, 0.2) is 39.3 Å². The van der Waals surface area contributed by atoms with Gasteiger partial charge in [0.1, 0.15) is 11.5 Å². The Hall–Kier alpha value is -2.17. The van der Waals surface area contributed by atoms with Gasteiger partial charge in [-0.3, -0.25) is 25.8 Å². The van der Waals surface area contributed by atoms with E-state index in [1.807, 2.05) is 52.0 Å². The molecule has 172 valence electrons. The van der Waals surface area contributed by atoms with E-state index in [0.717, 1.165) is 25.6 Å². The molecule has 0 unspecified atom stereocenters. The first-order valence-corrected chi connectivity index (χ1v) is 11.8. The minimum atomic E-state index is -0.461. The summed E-state index contributed by atoms with van der Waals surface area (Å²) in [6, 6.07) is 9.41. The zero-order valence-electron chi connectivity index (χ0n) is 18.2. The molecule has 0 heterocycles. The molecule has 3 N–H and O–H groups in total. The second-order valence-electron chi connectivity index (χ2n) is 7.36. The van der Waals surface area contributed by atoms with E-state index >= 15 is 0 Å². The van der Waals surface area contributed by atoms with E-state index in [9.17, 15) is 9.59 Å². The molecule has 0 aliphatic rings. The maximum atomic E-state index is 12.2. The molecule has 0 atom stereocenters. The van der Waals surface area contributed by atoms with E-state index in [1.54, 1.807) is 6.07 Å². The number of ether oxygens (including phenoxy) is 2. The fourth-order valence-electron chi connectivity index (χ4n) is 2.61. The maximum Gasteiger partial charge on any atom is 0.276 e. The van der Waals surface area contributed by atoms with Crippen LogP contribution in [0.25, 0.3) is 0 Å². The van der Waals surface area contributed by atoms with Crippen molar-refractivity contribution in [3.63, 3.8) is 0 Å². The van der Waals surface area contributed by atoms with Crippen LogP contribution in [0.2, 0.25) is 0 Å². The van der Waals surface area contributed by atoms with Crippen LogP contribution in [0.1, 0.15) is 36.5 Å². The molecule has 0 spiro atoms. The molecular weight excluding hydrogens is 562 g/mol. The third-order valence-corrected chi connectivity index (χ3v) is 5.96. The van der Waals surface area contributed by atoms with E-state index < -0.39 is 11.8 Å². The normalized spacial score (nSPS) is 10.5. The van der Waals surface area contributed by atoms with Gasteiger partial charge in [-0.05, 0) is 88.9 Å². The topological polar surface area (TPSA) is 88.7 Å². The van der Waals surface area contributed by atoms with Crippen molar-refractivity contribution in [3.05, 3.63) is 56.0 Å². The lowest BCUT2D eigenvalue weighted by atomic mass is 10.0. The van der Waals surface area contributed by atoms with Crippen LogP contribution in [0, 0.1) is 13.8 Å². The Kier molecular flexibility index (Phi) is 9.92. The van der Waals surface area contributed by atoms with E-state index in [1.165, 1.54) is 0 Å². The number of rotatable bonds is 7. The second kappa shape index (κ2) is 12.2. The molecule has 2 rings (SSSR count). The number of nitrogens with one attached hydrogen (secondary N) is 3. The van der Waals surface area contributed by atoms with Crippen LogP contribution >= 0.6 is 44.1 Å². The van der Waals surface area contributed by atoms with Crippen molar-refractivity contribution in [3.8, 4) is 11.5 Å². The number of halogens is 2. The quantitative estimate of drug-likeness (QED) is 0.328. The summed E-state index contributed by atoms with van der Waals surface area (Å²) in [6.45, 7) is 7.55. The van der Waals surface area contributed by atoms with Crippen LogP contribution in [0.5, 0.6) is 11.5 Å². The average molecular weight is 587 g/mol. The summed E-state index contributed by atoms with van der Waals surface area (Å²) in [5.74, 6) is 0.500. The SMILES string of the molecule is Cc1ccc(OCC(=O)NNC(=S)NC(=O)COc2cc(C)c(Br)cc2C(C)C)c(Br)c1. The first-order valence-electron chi connectivity index (χ1n) is 9.77. The van der Waals surface area contributed by atoms with Gasteiger partial charge < -0.3 is 9.47 Å². The maximum absolute atomic E-state index is 12.2. The van der Waals surface area contributed by atoms with Crippen molar-refractivity contribution in [2.45, 2.75) is 33.6 Å². The highest BCUT2D eigenvalue weighted by Crippen LogP contribution is 2.32. The highest BCUT2D eigenvalue weighted by atomic mass is 79.9. The van der Waals surface area contributed by atoms with Gasteiger partial charge in [-0.25, -0.2) is 0 Å². The van der Waals surface area contributed by atoms with Gasteiger partial charge in [-0.15, -0.1) is 0 Å². The third kappa shape index (κ3) is 8.07. The lowest BCUT2D eigenvalue weighted by Gasteiger charge is -2.16. The smallest absolute Gasteiger partial charge is 0.276 e. The molecule has 0 aliphatic carbocycles. The Morgan fingerprint density at radius 3 is 2.25 bits per heavy atom. The third-order valence-electron chi connectivity index (χ3n) is 4.29. The first kappa shape index (κ1) is 26.1. The van der Waals surface area contributed by atoms with Gasteiger partial charge >= 0.3 is 0 Å². The Morgan fingerprint density at radius 2 is 1.59 bits per heavy atom. The number of carbonyl (C=O) groups is 2. The molecule has 0 aliphatic heterocycles. The summed E-state index contributed by atoms with van der Waals surface area (Å²) in [7, 11) is 0. The largest absolute Gasteiger partial charge is 0.483 e. The van der Waals surface area contributed by atoms with E-state index in [-0.39, 0.29) is 24.2 Å². The molecule has 2 aromatic carbocycles. The van der Waals surface area contributed by atoms with E-state index in [4.69, 9.17) is 21.7 Å². The Bertz CT molecular complexity index is 1010. The molecule has 0 saturated heterocycles. The van der Waals surface area contributed by atoms with Gasteiger partial charge in [0.25, 0.3) is 11.8 Å². The summed E-state index contributed by atoms with van der Waals surface area (Å²) in [5, 5.41) is 2.40. The monoisotopic (exact) mass is 585 g/mol. The molecule has 2 aromatic rings. The van der Waals surface area contributed by atoms with Crippen LogP contribution in [-0.4, -0.2) is 30.1 Å². The van der Waals surface area contributed by atoms with Crippen molar-refractivity contribution >= 4 is 61.0 Å². The highest BCUT2D eigenvalue weighted by molar-refractivity contribution is 9.10. The van der Waals surface area contributed by atoms with Crippen LogP contribution in [-0.2, 0) is 9.59 Å². The molecule has 0 bridgehead atoms. The lowest BCUT2D eigenvalue weighted by Crippen LogP contribution is -2.50. The standard InChI is InChI=1S/C22H25Br2N3O4S/c1-12(2)15-9-16(23)14(4)8-19(15)31-10-20(28)25-22(32)27-26-21(29)11-30-18-6-5-13(3)7-17(18)24/h5-9,12H,10-11H2,1-4H3,(H,26,29)(H2,25,27,28,32). The number of amides is 2. The Morgan fingerprint density at radius 1 is 0.938 bits per heavy atom. The first-order chi connectivity index (χ1) is 15.1. The fraction of sp³-hybridized carbons (Fsp3) is 0.318. The second-order valence-corrected chi connectivity index (χ2v) is 9.47. The Labute approximate surface area is 209 Å². The molecule has 0 fully saturated rings.